The average molecular weight is 279 g/mol. The maximum atomic E-state index is 12.2. The minimum atomic E-state index is -0.305. The lowest BCUT2D eigenvalue weighted by Gasteiger charge is -2.38. The summed E-state index contributed by atoms with van der Waals surface area (Å²) in [6, 6.07) is 3.17. The summed E-state index contributed by atoms with van der Waals surface area (Å²) in [6.07, 6.45) is 1.02. The highest BCUT2D eigenvalue weighted by Crippen LogP contribution is 2.10. The summed E-state index contributed by atoms with van der Waals surface area (Å²) < 4.78 is 0. The van der Waals surface area contributed by atoms with Gasteiger partial charge in [0.25, 0.3) is 11.5 Å². The second-order valence-corrected chi connectivity index (χ2v) is 4.93. The van der Waals surface area contributed by atoms with Crippen molar-refractivity contribution in [3.05, 3.63) is 28.2 Å². The third-order valence-electron chi connectivity index (χ3n) is 3.76. The molecule has 1 aliphatic rings. The van der Waals surface area contributed by atoms with Crippen molar-refractivity contribution in [3.63, 3.8) is 0 Å². The predicted molar refractivity (Wildman–Crippen MR) is 75.5 cm³/mol. The molecule has 1 aromatic rings. The smallest absolute Gasteiger partial charge is 0.274 e. The number of aromatic amines is 1. The number of nitrogens with zero attached hydrogens (tertiary/aromatic N) is 3. The molecule has 3 N–H and O–H groups in total. The van der Waals surface area contributed by atoms with E-state index in [4.69, 9.17) is 5.73 Å². The molecule has 0 saturated carbocycles. The Hall–Kier alpha value is -1.73. The van der Waals surface area contributed by atoms with Crippen LogP contribution in [0.15, 0.2) is 16.9 Å². The van der Waals surface area contributed by atoms with E-state index in [2.05, 4.69) is 22.0 Å². The second-order valence-electron chi connectivity index (χ2n) is 4.93. The van der Waals surface area contributed by atoms with Crippen LogP contribution in [0.1, 0.15) is 23.8 Å². The van der Waals surface area contributed by atoms with Gasteiger partial charge in [0, 0.05) is 44.8 Å². The molecule has 2 rings (SSSR count). The maximum Gasteiger partial charge on any atom is 0.274 e. The summed E-state index contributed by atoms with van der Waals surface area (Å²) in [7, 11) is 0. The van der Waals surface area contributed by atoms with Crippen LogP contribution in [0.25, 0.3) is 0 Å². The topological polar surface area (TPSA) is 95.3 Å². The number of hydrogen-bond donors (Lipinski definition) is 2. The molecule has 0 spiro atoms. The van der Waals surface area contributed by atoms with Crippen LogP contribution in [0.2, 0.25) is 0 Å². The maximum absolute atomic E-state index is 12.2. The minimum Gasteiger partial charge on any atom is -0.335 e. The number of nitrogens with one attached hydrogen (secondary N) is 1. The Morgan fingerprint density at radius 2 is 2.10 bits per heavy atom. The standard InChI is InChI=1S/C13H21N5O2/c1-2-10(9-14)17-5-7-18(8-6-17)13(20)11-3-4-12(19)16-15-11/h3-4,10H,2,5-9,14H2,1H3,(H,16,19). The number of aromatic nitrogens is 2. The number of carbonyl (C=O) groups is 1. The van der Waals surface area contributed by atoms with Crippen LogP contribution in [0.5, 0.6) is 0 Å². The van der Waals surface area contributed by atoms with E-state index in [-0.39, 0.29) is 17.2 Å². The van der Waals surface area contributed by atoms with Crippen LogP contribution in [-0.4, -0.2) is 64.7 Å². The highest BCUT2D eigenvalue weighted by Gasteiger charge is 2.25. The number of H-pyrrole nitrogens is 1. The summed E-state index contributed by atoms with van der Waals surface area (Å²) in [5, 5.41) is 6.06. The Morgan fingerprint density at radius 3 is 2.60 bits per heavy atom. The van der Waals surface area contributed by atoms with E-state index in [0.29, 0.717) is 25.7 Å². The quantitative estimate of drug-likeness (QED) is 0.757. The molecule has 1 aromatic heterocycles. The zero-order valence-corrected chi connectivity index (χ0v) is 11.7. The fraction of sp³-hybridized carbons (Fsp3) is 0.615. The van der Waals surface area contributed by atoms with Gasteiger partial charge in [-0.15, -0.1) is 0 Å². The van der Waals surface area contributed by atoms with Crippen LogP contribution in [0.3, 0.4) is 0 Å². The van der Waals surface area contributed by atoms with Crippen LogP contribution in [0, 0.1) is 0 Å². The molecule has 1 aliphatic heterocycles. The number of hydrogen-bond acceptors (Lipinski definition) is 5. The van der Waals surface area contributed by atoms with Crippen molar-refractivity contribution in [2.45, 2.75) is 19.4 Å². The van der Waals surface area contributed by atoms with Gasteiger partial charge in [-0.3, -0.25) is 14.5 Å². The van der Waals surface area contributed by atoms with Crippen molar-refractivity contribution in [1.82, 2.24) is 20.0 Å². The molecule has 1 amide bonds. The molecule has 1 unspecified atom stereocenters. The summed E-state index contributed by atoms with van der Waals surface area (Å²) in [6.45, 7) is 5.74. The highest BCUT2D eigenvalue weighted by molar-refractivity contribution is 5.92. The third-order valence-corrected chi connectivity index (χ3v) is 3.76. The minimum absolute atomic E-state index is 0.137. The largest absolute Gasteiger partial charge is 0.335 e. The van der Waals surface area contributed by atoms with E-state index in [1.165, 1.54) is 12.1 Å². The Morgan fingerprint density at radius 1 is 1.40 bits per heavy atom. The predicted octanol–water partition coefficient (Wildman–Crippen LogP) is -0.735. The Balaban J connectivity index is 1.95. The molecule has 7 heteroatoms. The molecular weight excluding hydrogens is 258 g/mol. The van der Waals surface area contributed by atoms with Crippen molar-refractivity contribution >= 4 is 5.91 Å². The molecule has 20 heavy (non-hydrogen) atoms. The fourth-order valence-electron chi connectivity index (χ4n) is 2.49. The first-order valence-electron chi connectivity index (χ1n) is 6.94. The lowest BCUT2D eigenvalue weighted by atomic mass is 10.1. The molecule has 1 saturated heterocycles. The van der Waals surface area contributed by atoms with Crippen molar-refractivity contribution in [2.24, 2.45) is 5.73 Å². The van der Waals surface area contributed by atoms with Crippen LogP contribution in [-0.2, 0) is 0 Å². The normalized spacial score (nSPS) is 18.0. The first kappa shape index (κ1) is 14.7. The molecule has 110 valence electrons. The van der Waals surface area contributed by atoms with Gasteiger partial charge < -0.3 is 10.6 Å². The summed E-state index contributed by atoms with van der Waals surface area (Å²) in [5.74, 6) is -0.137. The van der Waals surface area contributed by atoms with Gasteiger partial charge in [0.15, 0.2) is 0 Å². The van der Waals surface area contributed by atoms with Crippen LogP contribution < -0.4 is 11.3 Å². The van der Waals surface area contributed by atoms with E-state index < -0.39 is 0 Å². The lowest BCUT2D eigenvalue weighted by molar-refractivity contribution is 0.0565. The molecule has 0 radical (unpaired) electrons. The Labute approximate surface area is 117 Å². The van der Waals surface area contributed by atoms with Crippen molar-refractivity contribution < 1.29 is 4.79 Å². The van der Waals surface area contributed by atoms with E-state index in [9.17, 15) is 9.59 Å². The summed E-state index contributed by atoms with van der Waals surface area (Å²) >= 11 is 0. The van der Waals surface area contributed by atoms with E-state index in [1.807, 2.05) is 0 Å². The SMILES string of the molecule is CCC(CN)N1CCN(C(=O)c2ccc(=O)[nH]n2)CC1. The number of piperazine rings is 1. The van der Waals surface area contributed by atoms with Gasteiger partial charge >= 0.3 is 0 Å². The molecule has 7 nitrogen and oxygen atoms in total. The zero-order chi connectivity index (χ0) is 14.5. The van der Waals surface area contributed by atoms with Gasteiger partial charge in [-0.1, -0.05) is 6.92 Å². The van der Waals surface area contributed by atoms with Gasteiger partial charge in [-0.05, 0) is 12.5 Å². The number of nitrogens with two attached hydrogens (primary N) is 1. The third kappa shape index (κ3) is 3.23. The van der Waals surface area contributed by atoms with Crippen molar-refractivity contribution in [1.29, 1.82) is 0 Å². The number of amides is 1. The van der Waals surface area contributed by atoms with Gasteiger partial charge in [-0.2, -0.15) is 5.10 Å². The molecule has 0 aromatic carbocycles. The van der Waals surface area contributed by atoms with Gasteiger partial charge in [0.2, 0.25) is 0 Å². The van der Waals surface area contributed by atoms with Crippen LogP contribution >= 0.6 is 0 Å². The van der Waals surface area contributed by atoms with Gasteiger partial charge in [-0.25, -0.2) is 5.10 Å². The van der Waals surface area contributed by atoms with E-state index in [0.717, 1.165) is 19.5 Å². The molecule has 1 fully saturated rings. The first-order chi connectivity index (χ1) is 9.65. The van der Waals surface area contributed by atoms with Crippen molar-refractivity contribution in [2.75, 3.05) is 32.7 Å². The van der Waals surface area contributed by atoms with Gasteiger partial charge in [0.05, 0.1) is 0 Å². The first-order valence-corrected chi connectivity index (χ1v) is 6.94. The molecule has 2 heterocycles. The lowest BCUT2D eigenvalue weighted by Crippen LogP contribution is -2.53. The zero-order valence-electron chi connectivity index (χ0n) is 11.7. The van der Waals surface area contributed by atoms with Gasteiger partial charge in [0.1, 0.15) is 5.69 Å². The van der Waals surface area contributed by atoms with Crippen LogP contribution in [0.4, 0.5) is 0 Å². The fourth-order valence-corrected chi connectivity index (χ4v) is 2.49. The Kier molecular flexibility index (Phi) is 4.86. The number of rotatable bonds is 4. The molecular formula is C13H21N5O2. The Bertz CT molecular complexity index is 483. The van der Waals surface area contributed by atoms with Crippen molar-refractivity contribution in [3.8, 4) is 0 Å². The summed E-state index contributed by atoms with van der Waals surface area (Å²) in [4.78, 5) is 27.3. The molecule has 1 atom stereocenters. The summed E-state index contributed by atoms with van der Waals surface area (Å²) in [5.41, 5.74) is 5.72. The molecule has 0 aliphatic carbocycles. The van der Waals surface area contributed by atoms with E-state index >= 15 is 0 Å². The monoisotopic (exact) mass is 279 g/mol. The molecule has 0 bridgehead atoms. The number of carbonyl (C=O) groups excluding carboxylic acids is 1. The van der Waals surface area contributed by atoms with E-state index in [1.54, 1.807) is 4.90 Å². The second kappa shape index (κ2) is 6.62. The average Bonchev–Trinajstić information content (AvgIpc) is 2.49. The highest BCUT2D eigenvalue weighted by atomic mass is 16.2.